The molecule has 31 heavy (non-hydrogen) atoms. The fourth-order valence-corrected chi connectivity index (χ4v) is 7.15. The van der Waals surface area contributed by atoms with Gasteiger partial charge in [0.25, 0.3) is 8.32 Å². The first-order valence-corrected chi connectivity index (χ1v) is 16.0. The number of benzene rings is 1. The highest BCUT2D eigenvalue weighted by molar-refractivity contribution is 7.54. The summed E-state index contributed by atoms with van der Waals surface area (Å²) in [5, 5.41) is 0.0316. The van der Waals surface area contributed by atoms with Gasteiger partial charge in [0.2, 0.25) is 0 Å². The predicted molar refractivity (Wildman–Crippen MR) is 132 cm³/mol. The third kappa shape index (κ3) is 5.71. The van der Waals surface area contributed by atoms with Crippen LogP contribution in [0.5, 0.6) is 5.75 Å². The van der Waals surface area contributed by atoms with Crippen molar-refractivity contribution in [3.05, 3.63) is 27.8 Å². The largest absolute Gasteiger partial charge is 0.543 e. The van der Waals surface area contributed by atoms with Gasteiger partial charge in [-0.1, -0.05) is 34.6 Å². The Morgan fingerprint density at radius 2 is 1.52 bits per heavy atom. The minimum Gasteiger partial charge on any atom is -0.543 e. The molecule has 0 amide bonds. The zero-order valence-electron chi connectivity index (χ0n) is 21.5. The second kappa shape index (κ2) is 10.8. The molecule has 0 spiro atoms. The van der Waals surface area contributed by atoms with Crippen molar-refractivity contribution in [2.75, 3.05) is 13.2 Å². The molecule has 0 aliphatic heterocycles. The quantitative estimate of drug-likeness (QED) is 0.188. The molecular weight excluding hydrogens is 427 g/mol. The maximum Gasteiger partial charge on any atom is 0.338 e. The van der Waals surface area contributed by atoms with Crippen LogP contribution in [0.25, 0.3) is 0 Å². The molecule has 0 saturated carbocycles. The van der Waals surface area contributed by atoms with Crippen molar-refractivity contribution >= 4 is 22.2 Å². The lowest BCUT2D eigenvalue weighted by molar-refractivity contribution is 0.112. The Kier molecular flexibility index (Phi) is 9.77. The maximum atomic E-state index is 13.8. The second-order valence-corrected chi connectivity index (χ2v) is 16.5. The summed E-state index contributed by atoms with van der Waals surface area (Å²) >= 11 is 0. The van der Waals surface area contributed by atoms with E-state index in [1.807, 2.05) is 34.6 Å². The molecule has 1 rings (SSSR count). The molecule has 0 N–H and O–H groups in total. The topological polar surface area (TPSA) is 61.8 Å². The summed E-state index contributed by atoms with van der Waals surface area (Å²) in [5.74, 6) is 0.798. The summed E-state index contributed by atoms with van der Waals surface area (Å²) < 4.78 is 31.9. The Bertz CT molecular complexity index is 816. The first-order valence-electron chi connectivity index (χ1n) is 11.4. The number of aldehydes is 1. The predicted octanol–water partition coefficient (Wildman–Crippen LogP) is 7.78. The lowest BCUT2D eigenvalue weighted by atomic mass is 9.88. The van der Waals surface area contributed by atoms with Gasteiger partial charge in [-0.2, -0.15) is 0 Å². The fourth-order valence-electron chi connectivity index (χ4n) is 3.82. The minimum absolute atomic E-state index is 0.0316. The number of hydrogen-bond acceptors (Lipinski definition) is 5. The van der Waals surface area contributed by atoms with Crippen molar-refractivity contribution in [3.8, 4) is 5.75 Å². The van der Waals surface area contributed by atoms with Crippen LogP contribution in [-0.4, -0.2) is 27.8 Å². The van der Waals surface area contributed by atoms with Crippen LogP contribution in [0.4, 0.5) is 0 Å². The first-order chi connectivity index (χ1) is 14.3. The molecule has 1 atom stereocenters. The van der Waals surface area contributed by atoms with E-state index in [-0.39, 0.29) is 18.3 Å². The summed E-state index contributed by atoms with van der Waals surface area (Å²) in [7, 11) is -5.56. The Balaban J connectivity index is 3.90. The van der Waals surface area contributed by atoms with E-state index in [2.05, 4.69) is 40.8 Å². The molecule has 0 aliphatic rings. The molecular formula is C24H43O5PSi. The van der Waals surface area contributed by atoms with Crippen LogP contribution in [0, 0.1) is 13.8 Å². The summed E-state index contributed by atoms with van der Waals surface area (Å²) in [6, 6.07) is 0. The van der Waals surface area contributed by atoms with Crippen LogP contribution in [0.2, 0.25) is 18.1 Å². The van der Waals surface area contributed by atoms with Gasteiger partial charge in [-0.05, 0) is 75.4 Å². The molecule has 0 radical (unpaired) electrons. The molecule has 5 nitrogen and oxygen atoms in total. The van der Waals surface area contributed by atoms with Crippen molar-refractivity contribution in [2.45, 2.75) is 98.9 Å². The van der Waals surface area contributed by atoms with Crippen molar-refractivity contribution in [2.24, 2.45) is 0 Å². The van der Waals surface area contributed by atoms with Gasteiger partial charge in [0.1, 0.15) is 5.75 Å². The van der Waals surface area contributed by atoms with Gasteiger partial charge in [0.15, 0.2) is 6.29 Å². The standard InChI is InChI=1S/C24H43O5PSi/c1-12-19-17(5)23(29-31(10,11)24(7,8)9)18(6)20(16-25)22(19)21(13-2)30(26,27-14-3)28-15-4/h16,21H,12-15H2,1-11H3. The molecule has 1 aromatic rings. The van der Waals surface area contributed by atoms with Crippen LogP contribution < -0.4 is 4.43 Å². The van der Waals surface area contributed by atoms with Crippen LogP contribution in [0.15, 0.2) is 0 Å². The maximum absolute atomic E-state index is 13.8. The van der Waals surface area contributed by atoms with Crippen LogP contribution in [-0.2, 0) is 20.0 Å². The molecule has 178 valence electrons. The smallest absolute Gasteiger partial charge is 0.338 e. The molecule has 0 aliphatic carbocycles. The highest BCUT2D eigenvalue weighted by Crippen LogP contribution is 2.64. The van der Waals surface area contributed by atoms with Crippen LogP contribution >= 0.6 is 7.60 Å². The van der Waals surface area contributed by atoms with Gasteiger partial charge in [-0.15, -0.1) is 0 Å². The molecule has 0 aromatic heterocycles. The Hall–Kier alpha value is -0.943. The highest BCUT2D eigenvalue weighted by Gasteiger charge is 2.42. The van der Waals surface area contributed by atoms with Gasteiger partial charge < -0.3 is 13.5 Å². The highest BCUT2D eigenvalue weighted by atomic mass is 31.2. The third-order valence-corrected chi connectivity index (χ3v) is 13.5. The number of carbonyl (C=O) groups excluding carboxylic acids is 1. The summed E-state index contributed by atoms with van der Waals surface area (Å²) in [6.07, 6.45) is 2.13. The van der Waals surface area contributed by atoms with E-state index in [1.165, 1.54) is 0 Å². The summed E-state index contributed by atoms with van der Waals surface area (Å²) in [4.78, 5) is 12.4. The normalized spacial score (nSPS) is 13.9. The molecule has 0 heterocycles. The zero-order valence-corrected chi connectivity index (χ0v) is 23.4. The summed E-state index contributed by atoms with van der Waals surface area (Å²) in [5.41, 5.74) is 3.69. The lowest BCUT2D eigenvalue weighted by Gasteiger charge is -2.38. The Labute approximate surface area is 190 Å². The van der Waals surface area contributed by atoms with Crippen molar-refractivity contribution in [1.82, 2.24) is 0 Å². The third-order valence-electron chi connectivity index (χ3n) is 6.51. The fraction of sp³-hybridized carbons (Fsp3) is 0.708. The van der Waals surface area contributed by atoms with Gasteiger partial charge in [0.05, 0.1) is 18.9 Å². The number of rotatable bonds is 11. The average Bonchev–Trinajstić information content (AvgIpc) is 2.65. The second-order valence-electron chi connectivity index (χ2n) is 9.52. The van der Waals surface area contributed by atoms with E-state index in [0.29, 0.717) is 18.4 Å². The first kappa shape index (κ1) is 28.1. The van der Waals surface area contributed by atoms with E-state index in [0.717, 1.165) is 34.3 Å². The Morgan fingerprint density at radius 3 is 1.87 bits per heavy atom. The van der Waals surface area contributed by atoms with Gasteiger partial charge >= 0.3 is 7.60 Å². The van der Waals surface area contributed by atoms with Gasteiger partial charge in [-0.3, -0.25) is 9.36 Å². The molecule has 0 bridgehead atoms. The molecule has 1 aromatic carbocycles. The lowest BCUT2D eigenvalue weighted by Crippen LogP contribution is -2.44. The zero-order chi connectivity index (χ0) is 24.2. The number of hydrogen-bond donors (Lipinski definition) is 0. The summed E-state index contributed by atoms with van der Waals surface area (Å²) in [6.45, 7) is 23.2. The van der Waals surface area contributed by atoms with Gasteiger partial charge in [-0.25, -0.2) is 0 Å². The van der Waals surface area contributed by atoms with Gasteiger partial charge in [0, 0.05) is 11.1 Å². The Morgan fingerprint density at radius 1 is 1.00 bits per heavy atom. The average molecular weight is 471 g/mol. The van der Waals surface area contributed by atoms with Crippen molar-refractivity contribution in [1.29, 1.82) is 0 Å². The van der Waals surface area contributed by atoms with E-state index in [9.17, 15) is 9.36 Å². The molecule has 0 saturated heterocycles. The van der Waals surface area contributed by atoms with Crippen molar-refractivity contribution in [3.63, 3.8) is 0 Å². The molecule has 1 unspecified atom stereocenters. The van der Waals surface area contributed by atoms with E-state index in [4.69, 9.17) is 13.5 Å². The van der Waals surface area contributed by atoms with Crippen molar-refractivity contribution < 1.29 is 22.8 Å². The SMILES string of the molecule is CCOP(=O)(OCC)C(CC)c1c(C=O)c(C)c(O[Si](C)(C)C(C)(C)C)c(C)c1CC. The van der Waals surface area contributed by atoms with E-state index in [1.54, 1.807) is 0 Å². The molecule has 7 heteroatoms. The van der Waals surface area contributed by atoms with Crippen LogP contribution in [0.3, 0.4) is 0 Å². The number of carbonyl (C=O) groups is 1. The van der Waals surface area contributed by atoms with Crippen LogP contribution in [0.1, 0.15) is 93.2 Å². The van der Waals surface area contributed by atoms with E-state index >= 15 is 0 Å². The molecule has 0 fully saturated rings. The monoisotopic (exact) mass is 470 g/mol. The minimum atomic E-state index is -3.45. The van der Waals surface area contributed by atoms with E-state index < -0.39 is 21.6 Å².